The first kappa shape index (κ1) is 16.8. The van der Waals surface area contributed by atoms with E-state index in [2.05, 4.69) is 30.2 Å². The van der Waals surface area contributed by atoms with E-state index in [1.807, 2.05) is 25.4 Å². The Morgan fingerprint density at radius 3 is 2.96 bits per heavy atom. The van der Waals surface area contributed by atoms with E-state index in [9.17, 15) is 0 Å². The van der Waals surface area contributed by atoms with E-state index in [1.165, 1.54) is 0 Å². The molecule has 0 aliphatic carbocycles. The number of hydrogen-bond acceptors (Lipinski definition) is 7. The number of nitrogens with zero attached hydrogens (tertiary/aromatic N) is 7. The fraction of sp³-hybridized carbons (Fsp3) is 0.316. The minimum absolute atomic E-state index is 0.167. The monoisotopic (exact) mass is 375 g/mol. The van der Waals surface area contributed by atoms with Gasteiger partial charge in [-0.3, -0.25) is 14.8 Å². The van der Waals surface area contributed by atoms with Crippen LogP contribution in [0, 0.1) is 0 Å². The molecule has 0 saturated carbocycles. The second-order valence-corrected chi connectivity index (χ2v) is 7.18. The fourth-order valence-electron chi connectivity index (χ4n) is 3.65. The summed E-state index contributed by atoms with van der Waals surface area (Å²) in [6, 6.07) is 4.07. The molecule has 0 bridgehead atoms. The molecule has 1 atom stereocenters. The lowest BCUT2D eigenvalue weighted by atomic mass is 10.1. The Morgan fingerprint density at radius 1 is 1.21 bits per heavy atom. The number of nitrogens with two attached hydrogens (primary N) is 1. The number of hydrogen-bond donors (Lipinski definition) is 2. The first-order chi connectivity index (χ1) is 13.7. The summed E-state index contributed by atoms with van der Waals surface area (Å²) < 4.78 is 1.76. The third-order valence-corrected chi connectivity index (χ3v) is 5.07. The second kappa shape index (κ2) is 6.68. The quantitative estimate of drug-likeness (QED) is 0.560. The first-order valence-electron chi connectivity index (χ1n) is 9.34. The largest absolute Gasteiger partial charge is 0.339 e. The zero-order valence-corrected chi connectivity index (χ0v) is 15.6. The standard InChI is InChI=1S/C19H21N9/c1-27-10-12(8-23-27)16-7-14-17(9-22-16)25-26-18(14)15-4-5-21-19(24-15)28-6-2-3-13(20)11-28/h4-5,7-10,13H,2-3,6,11,20H2,1H3,(H,25,26). The molecule has 1 unspecified atom stereocenters. The molecule has 4 aromatic heterocycles. The maximum atomic E-state index is 6.11. The molecule has 4 aromatic rings. The molecule has 1 fully saturated rings. The van der Waals surface area contributed by atoms with Gasteiger partial charge in [-0.2, -0.15) is 10.2 Å². The number of rotatable bonds is 3. The van der Waals surface area contributed by atoms with Gasteiger partial charge in [0.1, 0.15) is 5.69 Å². The molecule has 1 aliphatic heterocycles. The highest BCUT2D eigenvalue weighted by Gasteiger charge is 2.20. The van der Waals surface area contributed by atoms with Gasteiger partial charge >= 0.3 is 0 Å². The van der Waals surface area contributed by atoms with Crippen LogP contribution in [-0.2, 0) is 7.05 Å². The number of pyridine rings is 1. The van der Waals surface area contributed by atoms with E-state index in [-0.39, 0.29) is 6.04 Å². The van der Waals surface area contributed by atoms with Crippen LogP contribution in [-0.4, -0.2) is 54.1 Å². The Hall–Kier alpha value is -3.33. The lowest BCUT2D eigenvalue weighted by Gasteiger charge is -2.30. The predicted molar refractivity (Wildman–Crippen MR) is 107 cm³/mol. The molecule has 0 radical (unpaired) electrons. The third kappa shape index (κ3) is 2.99. The number of aromatic amines is 1. The summed E-state index contributed by atoms with van der Waals surface area (Å²) in [5.41, 5.74) is 10.3. The SMILES string of the molecule is Cn1cc(-c2cc3c(-c4ccnc(N5CCCC(N)C5)n4)n[nH]c3cn2)cn1. The predicted octanol–water partition coefficient (Wildman–Crippen LogP) is 1.74. The van der Waals surface area contributed by atoms with Crippen molar-refractivity contribution in [1.82, 2.24) is 34.9 Å². The van der Waals surface area contributed by atoms with Crippen LogP contribution in [0.1, 0.15) is 12.8 Å². The van der Waals surface area contributed by atoms with Crippen LogP contribution in [0.3, 0.4) is 0 Å². The van der Waals surface area contributed by atoms with E-state index in [4.69, 9.17) is 10.7 Å². The summed E-state index contributed by atoms with van der Waals surface area (Å²) in [4.78, 5) is 15.9. The van der Waals surface area contributed by atoms with E-state index in [0.717, 1.165) is 59.5 Å². The molecule has 28 heavy (non-hydrogen) atoms. The molecule has 0 aromatic carbocycles. The second-order valence-electron chi connectivity index (χ2n) is 7.18. The van der Waals surface area contributed by atoms with Crippen molar-refractivity contribution in [2.24, 2.45) is 12.8 Å². The number of piperidine rings is 1. The maximum absolute atomic E-state index is 6.11. The van der Waals surface area contributed by atoms with E-state index in [1.54, 1.807) is 23.3 Å². The van der Waals surface area contributed by atoms with E-state index < -0.39 is 0 Å². The van der Waals surface area contributed by atoms with Gasteiger partial charge in [-0.1, -0.05) is 0 Å². The lowest BCUT2D eigenvalue weighted by Crippen LogP contribution is -2.43. The van der Waals surface area contributed by atoms with Gasteiger partial charge in [-0.25, -0.2) is 9.97 Å². The summed E-state index contributed by atoms with van der Waals surface area (Å²) >= 11 is 0. The molecule has 1 saturated heterocycles. The van der Waals surface area contributed by atoms with Gasteiger partial charge in [-0.05, 0) is 25.0 Å². The van der Waals surface area contributed by atoms with Gasteiger partial charge in [0, 0.05) is 49.5 Å². The molecule has 142 valence electrons. The number of aryl methyl sites for hydroxylation is 1. The van der Waals surface area contributed by atoms with Crippen LogP contribution in [0.25, 0.3) is 33.5 Å². The summed E-state index contributed by atoms with van der Waals surface area (Å²) in [5, 5.41) is 12.7. The van der Waals surface area contributed by atoms with Gasteiger partial charge in [0.05, 0.1) is 29.3 Å². The van der Waals surface area contributed by atoms with Gasteiger partial charge in [0.15, 0.2) is 0 Å². The number of nitrogens with one attached hydrogen (secondary N) is 1. The van der Waals surface area contributed by atoms with Crippen molar-refractivity contribution in [1.29, 1.82) is 0 Å². The average molecular weight is 375 g/mol. The Balaban J connectivity index is 1.55. The number of fused-ring (bicyclic) bond motifs is 1. The van der Waals surface area contributed by atoms with Gasteiger partial charge < -0.3 is 10.6 Å². The Labute approximate surface area is 161 Å². The topological polar surface area (TPSA) is 114 Å². The van der Waals surface area contributed by atoms with Crippen molar-refractivity contribution in [2.45, 2.75) is 18.9 Å². The summed E-state index contributed by atoms with van der Waals surface area (Å²) in [7, 11) is 1.89. The van der Waals surface area contributed by atoms with Crippen LogP contribution in [0.4, 0.5) is 5.95 Å². The summed E-state index contributed by atoms with van der Waals surface area (Å²) in [6.07, 6.45) is 9.42. The molecule has 5 rings (SSSR count). The highest BCUT2D eigenvalue weighted by molar-refractivity contribution is 5.93. The van der Waals surface area contributed by atoms with Gasteiger partial charge in [0.25, 0.3) is 0 Å². The van der Waals surface area contributed by atoms with Crippen molar-refractivity contribution in [3.63, 3.8) is 0 Å². The summed E-state index contributed by atoms with van der Waals surface area (Å²) in [5.74, 6) is 0.699. The minimum atomic E-state index is 0.167. The molecule has 9 nitrogen and oxygen atoms in total. The average Bonchev–Trinajstić information content (AvgIpc) is 3.34. The normalized spacial score (nSPS) is 17.4. The minimum Gasteiger partial charge on any atom is -0.339 e. The number of aromatic nitrogens is 7. The van der Waals surface area contributed by atoms with Crippen LogP contribution in [0.2, 0.25) is 0 Å². The van der Waals surface area contributed by atoms with Crippen molar-refractivity contribution in [2.75, 3.05) is 18.0 Å². The van der Waals surface area contributed by atoms with E-state index >= 15 is 0 Å². The van der Waals surface area contributed by atoms with Crippen LogP contribution in [0.5, 0.6) is 0 Å². The highest BCUT2D eigenvalue weighted by atomic mass is 15.3. The highest BCUT2D eigenvalue weighted by Crippen LogP contribution is 2.29. The molecule has 3 N–H and O–H groups in total. The van der Waals surface area contributed by atoms with Crippen molar-refractivity contribution in [3.8, 4) is 22.6 Å². The lowest BCUT2D eigenvalue weighted by molar-refractivity contribution is 0.500. The molecule has 0 amide bonds. The zero-order valence-electron chi connectivity index (χ0n) is 15.6. The third-order valence-electron chi connectivity index (χ3n) is 5.07. The van der Waals surface area contributed by atoms with Crippen LogP contribution < -0.4 is 10.6 Å². The van der Waals surface area contributed by atoms with Crippen LogP contribution in [0.15, 0.2) is 36.9 Å². The van der Waals surface area contributed by atoms with Gasteiger partial charge in [-0.15, -0.1) is 0 Å². The Bertz CT molecular complexity index is 1130. The maximum Gasteiger partial charge on any atom is 0.225 e. The fourth-order valence-corrected chi connectivity index (χ4v) is 3.65. The number of H-pyrrole nitrogens is 1. The van der Waals surface area contributed by atoms with Crippen molar-refractivity contribution in [3.05, 3.63) is 36.9 Å². The van der Waals surface area contributed by atoms with Gasteiger partial charge in [0.2, 0.25) is 5.95 Å². The van der Waals surface area contributed by atoms with Crippen molar-refractivity contribution < 1.29 is 0 Å². The number of anilines is 1. The molecular weight excluding hydrogens is 354 g/mol. The molecule has 0 spiro atoms. The Morgan fingerprint density at radius 2 is 2.14 bits per heavy atom. The van der Waals surface area contributed by atoms with Crippen LogP contribution >= 0.6 is 0 Å². The molecule has 9 heteroatoms. The zero-order chi connectivity index (χ0) is 19.1. The Kier molecular flexibility index (Phi) is 4.01. The molecule has 1 aliphatic rings. The smallest absolute Gasteiger partial charge is 0.225 e. The van der Waals surface area contributed by atoms with Crippen molar-refractivity contribution >= 4 is 16.9 Å². The van der Waals surface area contributed by atoms with E-state index in [0.29, 0.717) is 5.95 Å². The summed E-state index contributed by atoms with van der Waals surface area (Å²) in [6.45, 7) is 1.70. The molecule has 5 heterocycles. The first-order valence-corrected chi connectivity index (χ1v) is 9.34. The molecular formula is C19H21N9.